The number of nitrogens with two attached hydrogens (primary N) is 1. The summed E-state index contributed by atoms with van der Waals surface area (Å²) in [7, 11) is 0. The van der Waals surface area contributed by atoms with Crippen molar-refractivity contribution in [3.05, 3.63) is 59.2 Å². The second-order valence-corrected chi connectivity index (χ2v) is 4.99. The van der Waals surface area contributed by atoms with E-state index in [1.165, 1.54) is 6.07 Å². The average Bonchev–Trinajstić information content (AvgIpc) is 2.35. The van der Waals surface area contributed by atoms with E-state index in [-0.39, 0.29) is 12.2 Å². The van der Waals surface area contributed by atoms with Crippen molar-refractivity contribution >= 4 is 5.69 Å². The number of benzene rings is 1. The summed E-state index contributed by atoms with van der Waals surface area (Å²) in [6.45, 7) is 3.33. The Morgan fingerprint density at radius 2 is 2.11 bits per heavy atom. The standard InChI is InChI=1S/C15H17FN2O/c1-10-3-4-12(7-13(10)16)15(2,19)8-11-9-18-6-5-14(11)17/h3-7,9,19H,8H2,1-2H3,(H2,17,18). The number of hydrogen-bond donors (Lipinski definition) is 2. The van der Waals surface area contributed by atoms with E-state index in [0.717, 1.165) is 5.56 Å². The molecule has 0 radical (unpaired) electrons. The zero-order valence-electron chi connectivity index (χ0n) is 11.0. The van der Waals surface area contributed by atoms with Gasteiger partial charge in [0, 0.05) is 24.5 Å². The van der Waals surface area contributed by atoms with Crippen molar-refractivity contribution in [3.63, 3.8) is 0 Å². The molecule has 1 atom stereocenters. The van der Waals surface area contributed by atoms with Crippen molar-refractivity contribution in [2.24, 2.45) is 0 Å². The van der Waals surface area contributed by atoms with Crippen molar-refractivity contribution in [2.45, 2.75) is 25.9 Å². The predicted octanol–water partition coefficient (Wildman–Crippen LogP) is 2.56. The molecule has 3 nitrogen and oxygen atoms in total. The number of nitrogens with zero attached hydrogens (tertiary/aromatic N) is 1. The Hall–Kier alpha value is -1.94. The highest BCUT2D eigenvalue weighted by atomic mass is 19.1. The molecule has 0 saturated heterocycles. The summed E-state index contributed by atoms with van der Waals surface area (Å²) in [5.41, 5.74) is 7.04. The maximum atomic E-state index is 13.6. The lowest BCUT2D eigenvalue weighted by Gasteiger charge is -2.24. The molecule has 2 aromatic rings. The van der Waals surface area contributed by atoms with Crippen LogP contribution in [0.15, 0.2) is 36.7 Å². The second kappa shape index (κ2) is 4.97. The van der Waals surface area contributed by atoms with Gasteiger partial charge in [-0.1, -0.05) is 12.1 Å². The molecule has 19 heavy (non-hydrogen) atoms. The molecule has 0 fully saturated rings. The van der Waals surface area contributed by atoms with Gasteiger partial charge in [0.15, 0.2) is 0 Å². The number of hydrogen-bond acceptors (Lipinski definition) is 3. The third-order valence-electron chi connectivity index (χ3n) is 3.27. The van der Waals surface area contributed by atoms with Gasteiger partial charge in [-0.25, -0.2) is 4.39 Å². The first-order valence-corrected chi connectivity index (χ1v) is 6.07. The minimum atomic E-state index is -1.19. The minimum Gasteiger partial charge on any atom is -0.398 e. The lowest BCUT2D eigenvalue weighted by Crippen LogP contribution is -2.25. The number of aromatic nitrogens is 1. The van der Waals surface area contributed by atoms with Crippen LogP contribution in [0.1, 0.15) is 23.6 Å². The Morgan fingerprint density at radius 1 is 1.37 bits per heavy atom. The fourth-order valence-electron chi connectivity index (χ4n) is 1.99. The molecule has 0 bridgehead atoms. The number of aliphatic hydroxyl groups is 1. The van der Waals surface area contributed by atoms with E-state index < -0.39 is 5.60 Å². The zero-order chi connectivity index (χ0) is 14.0. The lowest BCUT2D eigenvalue weighted by molar-refractivity contribution is 0.0573. The van der Waals surface area contributed by atoms with Gasteiger partial charge in [0.05, 0.1) is 5.60 Å². The summed E-state index contributed by atoms with van der Waals surface area (Å²) < 4.78 is 13.6. The summed E-state index contributed by atoms with van der Waals surface area (Å²) in [5, 5.41) is 10.5. The smallest absolute Gasteiger partial charge is 0.126 e. The van der Waals surface area contributed by atoms with Crippen LogP contribution in [0.25, 0.3) is 0 Å². The van der Waals surface area contributed by atoms with Gasteiger partial charge in [-0.15, -0.1) is 0 Å². The highest BCUT2D eigenvalue weighted by Gasteiger charge is 2.25. The number of anilines is 1. The van der Waals surface area contributed by atoms with Gasteiger partial charge in [0.2, 0.25) is 0 Å². The molecule has 0 spiro atoms. The fourth-order valence-corrected chi connectivity index (χ4v) is 1.99. The molecule has 1 heterocycles. The van der Waals surface area contributed by atoms with E-state index in [9.17, 15) is 9.50 Å². The molecule has 1 aromatic carbocycles. The second-order valence-electron chi connectivity index (χ2n) is 4.99. The summed E-state index contributed by atoms with van der Waals surface area (Å²) >= 11 is 0. The van der Waals surface area contributed by atoms with E-state index in [4.69, 9.17) is 5.73 Å². The minimum absolute atomic E-state index is 0.287. The third kappa shape index (κ3) is 2.90. The first-order chi connectivity index (χ1) is 8.90. The van der Waals surface area contributed by atoms with Crippen molar-refractivity contribution in [2.75, 3.05) is 5.73 Å². The van der Waals surface area contributed by atoms with Gasteiger partial charge in [0.25, 0.3) is 0 Å². The molecule has 0 amide bonds. The van der Waals surface area contributed by atoms with Crippen LogP contribution in [0.5, 0.6) is 0 Å². The summed E-state index contributed by atoms with van der Waals surface area (Å²) in [4.78, 5) is 3.99. The monoisotopic (exact) mass is 260 g/mol. The van der Waals surface area contributed by atoms with E-state index in [0.29, 0.717) is 16.8 Å². The normalized spacial score (nSPS) is 14.1. The van der Waals surface area contributed by atoms with Gasteiger partial charge in [-0.2, -0.15) is 0 Å². The maximum Gasteiger partial charge on any atom is 0.126 e. The topological polar surface area (TPSA) is 59.1 Å². The average molecular weight is 260 g/mol. The van der Waals surface area contributed by atoms with Crippen molar-refractivity contribution < 1.29 is 9.50 Å². The molecular formula is C15H17FN2O. The van der Waals surface area contributed by atoms with Crippen LogP contribution in [0.4, 0.5) is 10.1 Å². The summed E-state index contributed by atoms with van der Waals surface area (Å²) in [6.07, 6.45) is 3.50. The molecule has 0 saturated carbocycles. The Balaban J connectivity index is 2.32. The van der Waals surface area contributed by atoms with E-state index in [2.05, 4.69) is 4.98 Å². The quantitative estimate of drug-likeness (QED) is 0.891. The van der Waals surface area contributed by atoms with Crippen LogP contribution in [-0.4, -0.2) is 10.1 Å². The predicted molar refractivity (Wildman–Crippen MR) is 73.1 cm³/mol. The zero-order valence-corrected chi connectivity index (χ0v) is 11.0. The number of halogens is 1. The molecule has 100 valence electrons. The highest BCUT2D eigenvalue weighted by molar-refractivity contribution is 5.45. The summed E-state index contributed by atoms with van der Waals surface area (Å²) in [5.74, 6) is -0.322. The maximum absolute atomic E-state index is 13.6. The van der Waals surface area contributed by atoms with E-state index >= 15 is 0 Å². The van der Waals surface area contributed by atoms with Gasteiger partial charge in [-0.05, 0) is 42.7 Å². The lowest BCUT2D eigenvalue weighted by atomic mass is 9.88. The van der Waals surface area contributed by atoms with Crippen LogP contribution in [-0.2, 0) is 12.0 Å². The fraction of sp³-hybridized carbons (Fsp3) is 0.267. The molecular weight excluding hydrogens is 243 g/mol. The first-order valence-electron chi connectivity index (χ1n) is 6.07. The third-order valence-corrected chi connectivity index (χ3v) is 3.27. The number of pyridine rings is 1. The van der Waals surface area contributed by atoms with Gasteiger partial charge in [-0.3, -0.25) is 4.98 Å². The van der Waals surface area contributed by atoms with Crippen LogP contribution in [0.3, 0.4) is 0 Å². The molecule has 3 N–H and O–H groups in total. The van der Waals surface area contributed by atoms with Crippen molar-refractivity contribution in [1.29, 1.82) is 0 Å². The molecule has 0 aliphatic heterocycles. The van der Waals surface area contributed by atoms with Gasteiger partial charge < -0.3 is 10.8 Å². The van der Waals surface area contributed by atoms with Crippen LogP contribution >= 0.6 is 0 Å². The van der Waals surface area contributed by atoms with Crippen LogP contribution in [0, 0.1) is 12.7 Å². The SMILES string of the molecule is Cc1ccc(C(C)(O)Cc2cnccc2N)cc1F. The van der Waals surface area contributed by atoms with Crippen molar-refractivity contribution in [3.8, 4) is 0 Å². The summed E-state index contributed by atoms with van der Waals surface area (Å²) in [6, 6.07) is 6.43. The van der Waals surface area contributed by atoms with Gasteiger partial charge in [0.1, 0.15) is 5.82 Å². The van der Waals surface area contributed by atoms with Crippen LogP contribution < -0.4 is 5.73 Å². The Bertz CT molecular complexity index is 596. The van der Waals surface area contributed by atoms with E-state index in [1.54, 1.807) is 44.4 Å². The highest BCUT2D eigenvalue weighted by Crippen LogP contribution is 2.28. The largest absolute Gasteiger partial charge is 0.398 e. The Kier molecular flexibility index (Phi) is 3.53. The Morgan fingerprint density at radius 3 is 2.74 bits per heavy atom. The molecule has 2 rings (SSSR count). The molecule has 0 aliphatic carbocycles. The molecule has 0 aliphatic rings. The van der Waals surface area contributed by atoms with Crippen LogP contribution in [0.2, 0.25) is 0 Å². The van der Waals surface area contributed by atoms with Gasteiger partial charge >= 0.3 is 0 Å². The number of nitrogen functional groups attached to an aromatic ring is 1. The Labute approximate surface area is 111 Å². The number of rotatable bonds is 3. The molecule has 1 unspecified atom stereocenters. The molecule has 1 aromatic heterocycles. The van der Waals surface area contributed by atoms with E-state index in [1.807, 2.05) is 0 Å². The first kappa shape index (κ1) is 13.5. The van der Waals surface area contributed by atoms with Crippen molar-refractivity contribution in [1.82, 2.24) is 4.98 Å². The molecule has 4 heteroatoms. The number of aryl methyl sites for hydroxylation is 1.